The molecular weight excluding hydrogens is 279 g/mol. The number of hydrogen-bond acceptors (Lipinski definition) is 3. The van der Waals surface area contributed by atoms with Crippen molar-refractivity contribution in [3.05, 3.63) is 23.8 Å². The fourth-order valence-corrected chi connectivity index (χ4v) is 2.99. The van der Waals surface area contributed by atoms with Crippen LogP contribution in [0.4, 0.5) is 24.5 Å². The number of hydrogen-bond donors (Lipinski definition) is 2. The number of nitrogens with zero attached hydrogens (tertiary/aromatic N) is 1. The van der Waals surface area contributed by atoms with Gasteiger partial charge in [-0.3, -0.25) is 0 Å². The van der Waals surface area contributed by atoms with E-state index in [0.717, 1.165) is 31.7 Å². The van der Waals surface area contributed by atoms with Crippen LogP contribution in [0.2, 0.25) is 0 Å². The van der Waals surface area contributed by atoms with Gasteiger partial charge in [0.2, 0.25) is 0 Å². The van der Waals surface area contributed by atoms with Gasteiger partial charge in [-0.1, -0.05) is 12.8 Å². The smallest absolute Gasteiger partial charge is 0.398 e. The molecule has 1 aliphatic carbocycles. The van der Waals surface area contributed by atoms with Crippen LogP contribution < -0.4 is 11.1 Å². The molecular formula is C15H22F3N3. The van der Waals surface area contributed by atoms with Crippen molar-refractivity contribution in [2.75, 3.05) is 31.7 Å². The largest absolute Gasteiger partial charge is 0.418 e. The Morgan fingerprint density at radius 3 is 2.38 bits per heavy atom. The Morgan fingerprint density at radius 1 is 1.24 bits per heavy atom. The number of rotatable bonds is 4. The zero-order valence-electron chi connectivity index (χ0n) is 12.4. The van der Waals surface area contributed by atoms with E-state index in [1.165, 1.54) is 6.07 Å². The maximum atomic E-state index is 12.9. The Bertz CT molecular complexity index is 491. The third kappa shape index (κ3) is 3.43. The molecule has 1 fully saturated rings. The first-order valence-corrected chi connectivity index (χ1v) is 7.13. The van der Waals surface area contributed by atoms with Gasteiger partial charge in [0.1, 0.15) is 0 Å². The van der Waals surface area contributed by atoms with Gasteiger partial charge in [0.25, 0.3) is 0 Å². The van der Waals surface area contributed by atoms with E-state index < -0.39 is 11.7 Å². The standard InChI is InChI=1S/C15H22F3N3/c1-21(2)14(7-3-4-8-14)10-20-11-5-6-13(19)12(9-11)15(16,17)18/h5-6,9,20H,3-4,7-8,10,19H2,1-2H3. The van der Waals surface area contributed by atoms with Crippen LogP contribution in [0.15, 0.2) is 18.2 Å². The highest BCUT2D eigenvalue weighted by atomic mass is 19.4. The van der Waals surface area contributed by atoms with Crippen molar-refractivity contribution in [2.45, 2.75) is 37.4 Å². The van der Waals surface area contributed by atoms with Crippen molar-refractivity contribution in [1.82, 2.24) is 4.90 Å². The molecule has 0 saturated heterocycles. The van der Waals surface area contributed by atoms with E-state index in [2.05, 4.69) is 10.2 Å². The molecule has 3 nitrogen and oxygen atoms in total. The molecule has 118 valence electrons. The Hall–Kier alpha value is -1.43. The molecule has 1 saturated carbocycles. The SMILES string of the molecule is CN(C)C1(CNc2ccc(N)c(C(F)(F)F)c2)CCCC1. The summed E-state index contributed by atoms with van der Waals surface area (Å²) in [4.78, 5) is 2.18. The summed E-state index contributed by atoms with van der Waals surface area (Å²) in [6.07, 6.45) is 0.0291. The van der Waals surface area contributed by atoms with Crippen molar-refractivity contribution in [2.24, 2.45) is 0 Å². The van der Waals surface area contributed by atoms with Gasteiger partial charge in [0, 0.05) is 23.5 Å². The summed E-state index contributed by atoms with van der Waals surface area (Å²) in [5.41, 5.74) is 4.88. The first-order chi connectivity index (χ1) is 9.74. The van der Waals surface area contributed by atoms with E-state index in [0.29, 0.717) is 12.2 Å². The monoisotopic (exact) mass is 301 g/mol. The summed E-state index contributed by atoms with van der Waals surface area (Å²) in [6, 6.07) is 4.00. The zero-order chi connectivity index (χ0) is 15.7. The molecule has 0 amide bonds. The predicted molar refractivity (Wildman–Crippen MR) is 79.2 cm³/mol. The van der Waals surface area contributed by atoms with Crippen LogP contribution in [0.1, 0.15) is 31.2 Å². The molecule has 0 atom stereocenters. The number of alkyl halides is 3. The lowest BCUT2D eigenvalue weighted by Crippen LogP contribution is -2.47. The highest BCUT2D eigenvalue weighted by molar-refractivity contribution is 5.58. The summed E-state index contributed by atoms with van der Waals surface area (Å²) in [6.45, 7) is 0.640. The summed E-state index contributed by atoms with van der Waals surface area (Å²) >= 11 is 0. The van der Waals surface area contributed by atoms with E-state index in [1.54, 1.807) is 6.07 Å². The lowest BCUT2D eigenvalue weighted by atomic mass is 9.96. The number of nitrogens with two attached hydrogens (primary N) is 1. The van der Waals surface area contributed by atoms with Crippen LogP contribution >= 0.6 is 0 Å². The second-order valence-corrected chi connectivity index (χ2v) is 5.98. The van der Waals surface area contributed by atoms with Crippen LogP contribution in [0, 0.1) is 0 Å². The summed E-state index contributed by atoms with van der Waals surface area (Å²) < 4.78 is 38.6. The highest BCUT2D eigenvalue weighted by Gasteiger charge is 2.36. The molecule has 1 aromatic carbocycles. The first kappa shape index (κ1) is 15.9. The van der Waals surface area contributed by atoms with Gasteiger partial charge in [0.05, 0.1) is 5.56 Å². The van der Waals surface area contributed by atoms with E-state index in [9.17, 15) is 13.2 Å². The maximum Gasteiger partial charge on any atom is 0.418 e. The minimum Gasteiger partial charge on any atom is -0.398 e. The Labute approximate surface area is 123 Å². The van der Waals surface area contributed by atoms with Gasteiger partial charge >= 0.3 is 6.18 Å². The number of nitrogen functional groups attached to an aromatic ring is 1. The Kier molecular flexibility index (Phi) is 4.37. The number of anilines is 2. The Balaban J connectivity index is 2.13. The van der Waals surface area contributed by atoms with Gasteiger partial charge in [-0.05, 0) is 45.1 Å². The van der Waals surface area contributed by atoms with Gasteiger partial charge in [-0.25, -0.2) is 0 Å². The van der Waals surface area contributed by atoms with Crippen molar-refractivity contribution < 1.29 is 13.2 Å². The lowest BCUT2D eigenvalue weighted by molar-refractivity contribution is -0.136. The minimum atomic E-state index is -4.42. The fraction of sp³-hybridized carbons (Fsp3) is 0.600. The molecule has 0 radical (unpaired) electrons. The van der Waals surface area contributed by atoms with Crippen LogP contribution in [0.3, 0.4) is 0 Å². The van der Waals surface area contributed by atoms with E-state index in [-0.39, 0.29) is 11.2 Å². The van der Waals surface area contributed by atoms with Crippen LogP contribution in [0.25, 0.3) is 0 Å². The van der Waals surface area contributed by atoms with Gasteiger partial charge in [-0.2, -0.15) is 13.2 Å². The Morgan fingerprint density at radius 2 is 1.86 bits per heavy atom. The van der Waals surface area contributed by atoms with Crippen LogP contribution in [-0.4, -0.2) is 31.1 Å². The normalized spacial score (nSPS) is 18.2. The van der Waals surface area contributed by atoms with E-state index in [1.807, 2.05) is 14.1 Å². The van der Waals surface area contributed by atoms with E-state index >= 15 is 0 Å². The topological polar surface area (TPSA) is 41.3 Å². The number of nitrogens with one attached hydrogen (secondary N) is 1. The van der Waals surface area contributed by atoms with Crippen molar-refractivity contribution >= 4 is 11.4 Å². The van der Waals surface area contributed by atoms with Crippen LogP contribution in [0.5, 0.6) is 0 Å². The molecule has 0 aromatic heterocycles. The van der Waals surface area contributed by atoms with Crippen molar-refractivity contribution in [3.8, 4) is 0 Å². The summed E-state index contributed by atoms with van der Waals surface area (Å²) in [7, 11) is 4.05. The van der Waals surface area contributed by atoms with Gasteiger partial charge in [0.15, 0.2) is 0 Å². The highest BCUT2D eigenvalue weighted by Crippen LogP contribution is 2.36. The summed E-state index contributed by atoms with van der Waals surface area (Å²) in [5, 5.41) is 3.15. The average molecular weight is 301 g/mol. The quantitative estimate of drug-likeness (QED) is 0.835. The molecule has 0 spiro atoms. The van der Waals surface area contributed by atoms with E-state index in [4.69, 9.17) is 5.73 Å². The lowest BCUT2D eigenvalue weighted by Gasteiger charge is -2.37. The fourth-order valence-electron chi connectivity index (χ4n) is 2.99. The molecule has 6 heteroatoms. The average Bonchev–Trinajstić information content (AvgIpc) is 2.86. The molecule has 1 aromatic rings. The first-order valence-electron chi connectivity index (χ1n) is 7.13. The summed E-state index contributed by atoms with van der Waals surface area (Å²) in [5.74, 6) is 0. The molecule has 0 bridgehead atoms. The van der Waals surface area contributed by atoms with Crippen LogP contribution in [-0.2, 0) is 6.18 Å². The molecule has 3 N–H and O–H groups in total. The number of likely N-dealkylation sites (N-methyl/N-ethyl adjacent to an activating group) is 1. The minimum absolute atomic E-state index is 0.0276. The molecule has 1 aliphatic rings. The number of halogens is 3. The van der Waals surface area contributed by atoms with Crippen molar-refractivity contribution in [3.63, 3.8) is 0 Å². The van der Waals surface area contributed by atoms with Gasteiger partial charge < -0.3 is 16.0 Å². The number of benzene rings is 1. The molecule has 0 heterocycles. The molecule has 0 unspecified atom stereocenters. The second kappa shape index (κ2) is 5.75. The third-order valence-electron chi connectivity index (χ3n) is 4.46. The predicted octanol–water partition coefficient (Wildman–Crippen LogP) is 3.57. The third-order valence-corrected chi connectivity index (χ3v) is 4.46. The second-order valence-electron chi connectivity index (χ2n) is 5.98. The van der Waals surface area contributed by atoms with Gasteiger partial charge in [-0.15, -0.1) is 0 Å². The van der Waals surface area contributed by atoms with Crippen molar-refractivity contribution in [1.29, 1.82) is 0 Å². The maximum absolute atomic E-state index is 12.9. The molecule has 2 rings (SSSR count). The molecule has 0 aliphatic heterocycles. The molecule has 21 heavy (non-hydrogen) atoms. The zero-order valence-corrected chi connectivity index (χ0v) is 12.4.